The largest absolute Gasteiger partial charge is 0.465 e. The fraction of sp³-hybridized carbons (Fsp3) is 0.300. The minimum Gasteiger partial charge on any atom is -0.465 e. The molecule has 3 rings (SSSR count). The molecule has 0 spiro atoms. The number of thiophene rings is 1. The van der Waals surface area contributed by atoms with Gasteiger partial charge in [-0.3, -0.25) is 9.59 Å². The highest BCUT2D eigenvalue weighted by Gasteiger charge is 2.40. The van der Waals surface area contributed by atoms with Crippen molar-refractivity contribution in [3.05, 3.63) is 63.9 Å². The molecule has 0 amide bonds. The molecule has 4 heteroatoms. The van der Waals surface area contributed by atoms with Crippen LogP contribution in [0.3, 0.4) is 0 Å². The molecule has 1 aliphatic carbocycles. The van der Waals surface area contributed by atoms with Crippen LogP contribution in [0.4, 0.5) is 0 Å². The first-order valence-electron chi connectivity index (χ1n) is 8.11. The topological polar surface area (TPSA) is 43.4 Å². The lowest BCUT2D eigenvalue weighted by molar-refractivity contribution is -0.151. The predicted molar refractivity (Wildman–Crippen MR) is 96.0 cm³/mol. The van der Waals surface area contributed by atoms with E-state index >= 15 is 0 Å². The lowest BCUT2D eigenvalue weighted by Crippen LogP contribution is -2.34. The summed E-state index contributed by atoms with van der Waals surface area (Å²) in [5, 5.41) is 4.04. The monoisotopic (exact) mass is 340 g/mol. The van der Waals surface area contributed by atoms with Crippen LogP contribution in [0.2, 0.25) is 0 Å². The van der Waals surface area contributed by atoms with Gasteiger partial charge in [0, 0.05) is 5.92 Å². The van der Waals surface area contributed by atoms with Crippen LogP contribution < -0.4 is 0 Å². The smallest absolute Gasteiger partial charge is 0.317 e. The standard InChI is InChI=1S/C20H20O3S/c1-3-23-20(22)19-17(16-7-5-4-6-13(16)2)10-15(11-18(19)21)14-8-9-24-12-14/h4-9,11-12,17,19H,3,10H2,1-2H3/t17-,19+/m1/s1. The van der Waals surface area contributed by atoms with Crippen molar-refractivity contribution in [2.75, 3.05) is 6.61 Å². The molecular formula is C20H20O3S. The molecule has 3 nitrogen and oxygen atoms in total. The van der Waals surface area contributed by atoms with E-state index in [2.05, 4.69) is 0 Å². The Morgan fingerprint density at radius 1 is 1.29 bits per heavy atom. The Labute approximate surface area is 146 Å². The normalized spacial score (nSPS) is 20.6. The average molecular weight is 340 g/mol. The van der Waals surface area contributed by atoms with Crippen LogP contribution in [0, 0.1) is 12.8 Å². The zero-order chi connectivity index (χ0) is 17.1. The van der Waals surface area contributed by atoms with Gasteiger partial charge in [0.15, 0.2) is 5.78 Å². The fourth-order valence-corrected chi connectivity index (χ4v) is 4.01. The maximum atomic E-state index is 12.7. The molecule has 0 aliphatic heterocycles. The summed E-state index contributed by atoms with van der Waals surface area (Å²) < 4.78 is 5.18. The van der Waals surface area contributed by atoms with Gasteiger partial charge in [-0.2, -0.15) is 11.3 Å². The molecule has 2 aromatic rings. The van der Waals surface area contributed by atoms with E-state index in [1.807, 2.05) is 48.0 Å². The van der Waals surface area contributed by atoms with Crippen LogP contribution in [0.5, 0.6) is 0 Å². The quantitative estimate of drug-likeness (QED) is 0.613. The van der Waals surface area contributed by atoms with E-state index in [9.17, 15) is 9.59 Å². The zero-order valence-electron chi connectivity index (χ0n) is 13.8. The zero-order valence-corrected chi connectivity index (χ0v) is 14.6. The van der Waals surface area contributed by atoms with Crippen LogP contribution in [-0.2, 0) is 14.3 Å². The molecule has 2 atom stereocenters. The molecule has 0 radical (unpaired) electrons. The Balaban J connectivity index is 2.04. The first-order valence-corrected chi connectivity index (χ1v) is 9.05. The Hall–Kier alpha value is -2.20. The molecule has 1 aromatic carbocycles. The summed E-state index contributed by atoms with van der Waals surface area (Å²) in [7, 11) is 0. The number of hydrogen-bond acceptors (Lipinski definition) is 4. The van der Waals surface area contributed by atoms with E-state index in [4.69, 9.17) is 4.74 Å². The van der Waals surface area contributed by atoms with Gasteiger partial charge in [0.2, 0.25) is 0 Å². The molecule has 124 valence electrons. The minimum atomic E-state index is -0.756. The number of carbonyl (C=O) groups is 2. The molecule has 1 heterocycles. The summed E-state index contributed by atoms with van der Waals surface area (Å²) in [6, 6.07) is 9.97. The highest BCUT2D eigenvalue weighted by Crippen LogP contribution is 2.41. The van der Waals surface area contributed by atoms with Crippen LogP contribution in [0.15, 0.2) is 47.2 Å². The Morgan fingerprint density at radius 2 is 2.08 bits per heavy atom. The highest BCUT2D eigenvalue weighted by molar-refractivity contribution is 7.08. The third-order valence-corrected chi connectivity index (χ3v) is 5.17. The number of carbonyl (C=O) groups excluding carboxylic acids is 2. The molecule has 1 aromatic heterocycles. The van der Waals surface area contributed by atoms with Gasteiger partial charge in [-0.25, -0.2) is 0 Å². The SMILES string of the molecule is CCOC(=O)[C@@H]1C(=O)C=C(c2ccsc2)C[C@@H]1c1ccccc1C. The molecule has 0 bridgehead atoms. The molecule has 0 fully saturated rings. The Bertz CT molecular complexity index is 774. The van der Waals surface area contributed by atoms with Crippen molar-refractivity contribution in [2.45, 2.75) is 26.2 Å². The van der Waals surface area contributed by atoms with Gasteiger partial charge in [0.05, 0.1) is 6.61 Å². The maximum Gasteiger partial charge on any atom is 0.317 e. The molecule has 0 N–H and O–H groups in total. The summed E-state index contributed by atoms with van der Waals surface area (Å²) in [6.45, 7) is 4.06. The van der Waals surface area contributed by atoms with Crippen molar-refractivity contribution in [1.29, 1.82) is 0 Å². The molecule has 0 saturated carbocycles. The van der Waals surface area contributed by atoms with Crippen LogP contribution in [0.1, 0.15) is 36.0 Å². The molecular weight excluding hydrogens is 320 g/mol. The van der Waals surface area contributed by atoms with Gasteiger partial charge in [0.1, 0.15) is 5.92 Å². The van der Waals surface area contributed by atoms with Crippen LogP contribution >= 0.6 is 11.3 Å². The number of ether oxygens (including phenoxy) is 1. The molecule has 0 unspecified atom stereocenters. The van der Waals surface area contributed by atoms with Crippen molar-refractivity contribution in [1.82, 2.24) is 0 Å². The second-order valence-electron chi connectivity index (χ2n) is 5.98. The van der Waals surface area contributed by atoms with E-state index in [1.165, 1.54) is 0 Å². The number of aryl methyl sites for hydroxylation is 1. The summed E-state index contributed by atoms with van der Waals surface area (Å²) in [5.41, 5.74) is 4.20. The van der Waals surface area contributed by atoms with E-state index < -0.39 is 11.9 Å². The fourth-order valence-electron chi connectivity index (χ4n) is 3.33. The summed E-state index contributed by atoms with van der Waals surface area (Å²) in [6.07, 6.45) is 2.29. The van der Waals surface area contributed by atoms with Crippen LogP contribution in [-0.4, -0.2) is 18.4 Å². The van der Waals surface area contributed by atoms with Crippen molar-refractivity contribution in [3.8, 4) is 0 Å². The van der Waals surface area contributed by atoms with Crippen molar-refractivity contribution >= 4 is 28.7 Å². The van der Waals surface area contributed by atoms with E-state index in [-0.39, 0.29) is 18.3 Å². The number of allylic oxidation sites excluding steroid dienone is 2. The summed E-state index contributed by atoms with van der Waals surface area (Å²) in [5.74, 6) is -1.52. The minimum absolute atomic E-state index is 0.158. The first kappa shape index (κ1) is 16.7. The number of esters is 1. The predicted octanol–water partition coefficient (Wildman–Crippen LogP) is 4.38. The second kappa shape index (κ2) is 7.14. The van der Waals surface area contributed by atoms with Gasteiger partial charge in [0.25, 0.3) is 0 Å². The highest BCUT2D eigenvalue weighted by atomic mass is 32.1. The van der Waals surface area contributed by atoms with Gasteiger partial charge in [-0.15, -0.1) is 0 Å². The van der Waals surface area contributed by atoms with Gasteiger partial charge >= 0.3 is 5.97 Å². The average Bonchev–Trinajstić information content (AvgIpc) is 3.09. The Kier molecular flexibility index (Phi) is 4.95. The number of benzene rings is 1. The maximum absolute atomic E-state index is 12.7. The van der Waals surface area contributed by atoms with Gasteiger partial charge in [-0.1, -0.05) is 24.3 Å². The molecule has 0 saturated heterocycles. The third kappa shape index (κ3) is 3.20. The molecule has 1 aliphatic rings. The van der Waals surface area contributed by atoms with Crippen molar-refractivity contribution in [2.24, 2.45) is 5.92 Å². The number of hydrogen-bond donors (Lipinski definition) is 0. The summed E-state index contributed by atoms with van der Waals surface area (Å²) in [4.78, 5) is 25.2. The van der Waals surface area contributed by atoms with E-state index in [0.717, 1.165) is 22.3 Å². The lowest BCUT2D eigenvalue weighted by atomic mass is 9.73. The van der Waals surface area contributed by atoms with Crippen molar-refractivity contribution < 1.29 is 14.3 Å². The van der Waals surface area contributed by atoms with Gasteiger partial charge in [-0.05, 0) is 65.4 Å². The summed E-state index contributed by atoms with van der Waals surface area (Å²) >= 11 is 1.61. The van der Waals surface area contributed by atoms with Gasteiger partial charge < -0.3 is 4.74 Å². The molecule has 24 heavy (non-hydrogen) atoms. The van der Waals surface area contributed by atoms with Crippen LogP contribution in [0.25, 0.3) is 5.57 Å². The first-order chi connectivity index (χ1) is 11.6. The van der Waals surface area contributed by atoms with E-state index in [0.29, 0.717) is 6.42 Å². The Morgan fingerprint density at radius 3 is 2.75 bits per heavy atom. The van der Waals surface area contributed by atoms with Crippen molar-refractivity contribution in [3.63, 3.8) is 0 Å². The lowest BCUT2D eigenvalue weighted by Gasteiger charge is -2.30. The number of rotatable bonds is 4. The second-order valence-corrected chi connectivity index (χ2v) is 6.76. The van der Waals surface area contributed by atoms with E-state index in [1.54, 1.807) is 24.3 Å². The number of ketones is 1. The third-order valence-electron chi connectivity index (χ3n) is 4.49.